The van der Waals surface area contributed by atoms with Crippen LogP contribution in [0.3, 0.4) is 0 Å². The summed E-state index contributed by atoms with van der Waals surface area (Å²) in [5.41, 5.74) is 2.80. The van der Waals surface area contributed by atoms with E-state index in [0.29, 0.717) is 11.3 Å². The van der Waals surface area contributed by atoms with Gasteiger partial charge in [-0.3, -0.25) is 4.79 Å². The topological polar surface area (TPSA) is 17.1 Å². The van der Waals surface area contributed by atoms with Crippen molar-refractivity contribution in [1.82, 2.24) is 0 Å². The quantitative estimate of drug-likeness (QED) is 0.302. The number of hydrogen-bond acceptors (Lipinski definition) is 1. The van der Waals surface area contributed by atoms with Crippen LogP contribution in [-0.4, -0.2) is 6.29 Å². The van der Waals surface area contributed by atoms with Gasteiger partial charge in [-0.2, -0.15) is 0 Å². The average molecular weight is 218 g/mol. The molecule has 0 radical (unpaired) electrons. The van der Waals surface area contributed by atoms with Gasteiger partial charge in [0.1, 0.15) is 6.29 Å². The second-order valence-corrected chi connectivity index (χ2v) is 5.36. The predicted octanol–water partition coefficient (Wildman–Crippen LogP) is 4.07. The minimum atomic E-state index is 0.330. The van der Waals surface area contributed by atoms with Crippen LogP contribution in [0.25, 0.3) is 0 Å². The number of allylic oxidation sites excluding steroid dienone is 6. The summed E-state index contributed by atoms with van der Waals surface area (Å²) in [6.45, 7) is 8.79. The third-order valence-electron chi connectivity index (χ3n) is 3.47. The van der Waals surface area contributed by atoms with Crippen LogP contribution in [-0.2, 0) is 4.79 Å². The number of carbonyl (C=O) groups is 1. The molecule has 1 aliphatic carbocycles. The van der Waals surface area contributed by atoms with E-state index in [0.717, 1.165) is 11.9 Å². The Morgan fingerprint density at radius 1 is 1.50 bits per heavy atom. The molecule has 0 fully saturated rings. The first kappa shape index (κ1) is 13.0. The van der Waals surface area contributed by atoms with Gasteiger partial charge in [0.25, 0.3) is 0 Å². The summed E-state index contributed by atoms with van der Waals surface area (Å²) in [7, 11) is 0. The highest BCUT2D eigenvalue weighted by Gasteiger charge is 2.30. The molecule has 0 N–H and O–H groups in total. The van der Waals surface area contributed by atoms with Crippen molar-refractivity contribution in [3.63, 3.8) is 0 Å². The summed E-state index contributed by atoms with van der Waals surface area (Å²) in [5, 5.41) is 0. The van der Waals surface area contributed by atoms with Crippen LogP contribution in [0.4, 0.5) is 0 Å². The Bertz CT molecular complexity index is 342. The van der Waals surface area contributed by atoms with Gasteiger partial charge in [-0.05, 0) is 43.8 Å². The van der Waals surface area contributed by atoms with Crippen LogP contribution in [0, 0.1) is 11.3 Å². The number of hydrogen-bond donors (Lipinski definition) is 0. The van der Waals surface area contributed by atoms with Crippen LogP contribution >= 0.6 is 0 Å². The van der Waals surface area contributed by atoms with E-state index < -0.39 is 0 Å². The molecule has 1 rings (SSSR count). The summed E-state index contributed by atoms with van der Waals surface area (Å²) in [5.74, 6) is 0.497. The van der Waals surface area contributed by atoms with E-state index in [9.17, 15) is 4.79 Å². The molecule has 0 saturated heterocycles. The summed E-state index contributed by atoms with van der Waals surface area (Å²) in [6.07, 6.45) is 11.5. The molecule has 1 nitrogen and oxygen atoms in total. The molecule has 1 aliphatic rings. The Morgan fingerprint density at radius 2 is 2.19 bits per heavy atom. The van der Waals surface area contributed by atoms with Crippen molar-refractivity contribution in [2.45, 2.75) is 40.5 Å². The van der Waals surface area contributed by atoms with Crippen molar-refractivity contribution in [3.8, 4) is 0 Å². The molecule has 1 unspecified atom stereocenters. The van der Waals surface area contributed by atoms with Gasteiger partial charge in [0.15, 0.2) is 0 Å². The second kappa shape index (κ2) is 5.29. The van der Waals surface area contributed by atoms with E-state index in [1.54, 1.807) is 6.08 Å². The molecule has 0 aromatic rings. The lowest BCUT2D eigenvalue weighted by Crippen LogP contribution is -2.26. The van der Waals surface area contributed by atoms with Crippen molar-refractivity contribution >= 4 is 6.29 Å². The Hall–Kier alpha value is -1.11. The van der Waals surface area contributed by atoms with Crippen molar-refractivity contribution in [2.24, 2.45) is 11.3 Å². The molecule has 0 heterocycles. The highest BCUT2D eigenvalue weighted by molar-refractivity contribution is 5.66. The van der Waals surface area contributed by atoms with Gasteiger partial charge in [-0.25, -0.2) is 0 Å². The molecule has 0 aromatic carbocycles. The first-order valence-corrected chi connectivity index (χ1v) is 5.94. The van der Waals surface area contributed by atoms with Gasteiger partial charge in [0.05, 0.1) is 0 Å². The Morgan fingerprint density at radius 3 is 2.75 bits per heavy atom. The Kier molecular flexibility index (Phi) is 4.28. The molecule has 0 amide bonds. The van der Waals surface area contributed by atoms with E-state index in [4.69, 9.17) is 0 Å². The van der Waals surface area contributed by atoms with Crippen LogP contribution in [0.1, 0.15) is 40.5 Å². The summed E-state index contributed by atoms with van der Waals surface area (Å²) in [4.78, 5) is 10.3. The normalized spacial score (nSPS) is 25.6. The van der Waals surface area contributed by atoms with Gasteiger partial charge < -0.3 is 0 Å². The van der Waals surface area contributed by atoms with E-state index in [2.05, 4.69) is 39.0 Å². The molecule has 0 saturated carbocycles. The smallest absolute Gasteiger partial charge is 0.143 e. The molecular weight excluding hydrogens is 196 g/mol. The largest absolute Gasteiger partial charge is 0.299 e. The van der Waals surface area contributed by atoms with Gasteiger partial charge in [0, 0.05) is 5.92 Å². The minimum Gasteiger partial charge on any atom is -0.299 e. The highest BCUT2D eigenvalue weighted by Crippen LogP contribution is 2.41. The molecule has 1 heteroatoms. The molecular formula is C15H22O. The van der Waals surface area contributed by atoms with Crippen LogP contribution in [0.15, 0.2) is 35.5 Å². The molecule has 0 aromatic heterocycles. The predicted molar refractivity (Wildman–Crippen MR) is 69.2 cm³/mol. The van der Waals surface area contributed by atoms with E-state index in [-0.39, 0.29) is 0 Å². The lowest BCUT2D eigenvalue weighted by Gasteiger charge is -2.36. The summed E-state index contributed by atoms with van der Waals surface area (Å²) in [6, 6.07) is 0. The van der Waals surface area contributed by atoms with E-state index in [1.807, 2.05) is 6.92 Å². The lowest BCUT2D eigenvalue weighted by molar-refractivity contribution is -0.104. The SMILES string of the molecule is CC(C=CC1C(C)=CCCC1(C)C)=CC=O. The average Bonchev–Trinajstić information content (AvgIpc) is 2.16. The number of rotatable bonds is 3. The Balaban J connectivity index is 2.85. The third kappa shape index (κ3) is 3.19. The fourth-order valence-electron chi connectivity index (χ4n) is 2.39. The zero-order valence-corrected chi connectivity index (χ0v) is 10.8. The van der Waals surface area contributed by atoms with Gasteiger partial charge in [-0.15, -0.1) is 0 Å². The second-order valence-electron chi connectivity index (χ2n) is 5.36. The van der Waals surface area contributed by atoms with E-state index in [1.165, 1.54) is 18.4 Å². The fraction of sp³-hybridized carbons (Fsp3) is 0.533. The van der Waals surface area contributed by atoms with Crippen molar-refractivity contribution < 1.29 is 4.79 Å². The summed E-state index contributed by atoms with van der Waals surface area (Å²) >= 11 is 0. The number of carbonyl (C=O) groups excluding carboxylic acids is 1. The zero-order chi connectivity index (χ0) is 12.2. The first-order chi connectivity index (χ1) is 7.47. The maximum absolute atomic E-state index is 10.3. The number of aldehydes is 1. The highest BCUT2D eigenvalue weighted by atomic mass is 16.1. The molecule has 88 valence electrons. The maximum atomic E-state index is 10.3. The van der Waals surface area contributed by atoms with Crippen molar-refractivity contribution in [1.29, 1.82) is 0 Å². The molecule has 0 bridgehead atoms. The minimum absolute atomic E-state index is 0.330. The van der Waals surface area contributed by atoms with Crippen molar-refractivity contribution in [3.05, 3.63) is 35.5 Å². The monoisotopic (exact) mass is 218 g/mol. The third-order valence-corrected chi connectivity index (χ3v) is 3.47. The molecule has 16 heavy (non-hydrogen) atoms. The fourth-order valence-corrected chi connectivity index (χ4v) is 2.39. The van der Waals surface area contributed by atoms with Gasteiger partial charge >= 0.3 is 0 Å². The van der Waals surface area contributed by atoms with Crippen molar-refractivity contribution in [2.75, 3.05) is 0 Å². The lowest BCUT2D eigenvalue weighted by atomic mass is 9.68. The molecule has 0 aliphatic heterocycles. The van der Waals surface area contributed by atoms with Crippen LogP contribution < -0.4 is 0 Å². The van der Waals surface area contributed by atoms with Crippen LogP contribution in [0.5, 0.6) is 0 Å². The Labute approximate surface area is 98.9 Å². The first-order valence-electron chi connectivity index (χ1n) is 5.94. The molecule has 0 spiro atoms. The van der Waals surface area contributed by atoms with Crippen LogP contribution in [0.2, 0.25) is 0 Å². The van der Waals surface area contributed by atoms with Gasteiger partial charge in [-0.1, -0.05) is 37.6 Å². The zero-order valence-electron chi connectivity index (χ0n) is 10.8. The summed E-state index contributed by atoms with van der Waals surface area (Å²) < 4.78 is 0. The van der Waals surface area contributed by atoms with E-state index >= 15 is 0 Å². The molecule has 1 atom stereocenters. The standard InChI is InChI=1S/C15H22O/c1-12(9-11-16)7-8-14-13(2)6-5-10-15(14,3)4/h6-9,11,14H,5,10H2,1-4H3. The maximum Gasteiger partial charge on any atom is 0.143 e. The van der Waals surface area contributed by atoms with Gasteiger partial charge in [0.2, 0.25) is 0 Å².